The van der Waals surface area contributed by atoms with Crippen molar-refractivity contribution in [2.24, 2.45) is 4.99 Å². The number of hydrogen-bond donors (Lipinski definition) is 0. The Bertz CT molecular complexity index is 650. The summed E-state index contributed by atoms with van der Waals surface area (Å²) in [5, 5.41) is 1.15. The van der Waals surface area contributed by atoms with Crippen LogP contribution in [-0.4, -0.2) is 17.3 Å². The Labute approximate surface area is 156 Å². The van der Waals surface area contributed by atoms with E-state index < -0.39 is 0 Å². The maximum atomic E-state index is 6.01. The lowest BCUT2D eigenvalue weighted by molar-refractivity contribution is 0.302. The van der Waals surface area contributed by atoms with Crippen LogP contribution in [0.5, 0.6) is 5.75 Å². The zero-order chi connectivity index (χ0) is 14.7. The van der Waals surface area contributed by atoms with Crippen molar-refractivity contribution in [2.45, 2.75) is 6.61 Å². The van der Waals surface area contributed by atoms with Crippen molar-refractivity contribution < 1.29 is 4.74 Å². The van der Waals surface area contributed by atoms with Gasteiger partial charge in [-0.25, -0.2) is 0 Å². The topological polar surface area (TPSA) is 21.6 Å². The predicted molar refractivity (Wildman–Crippen MR) is 107 cm³/mol. The van der Waals surface area contributed by atoms with Crippen LogP contribution in [0.1, 0.15) is 11.1 Å². The Morgan fingerprint density at radius 2 is 1.81 bits per heavy atom. The quantitative estimate of drug-likeness (QED) is 0.531. The highest BCUT2D eigenvalue weighted by molar-refractivity contribution is 14.1. The van der Waals surface area contributed by atoms with Gasteiger partial charge >= 0.3 is 0 Å². The van der Waals surface area contributed by atoms with E-state index in [2.05, 4.69) is 74.4 Å². The van der Waals surface area contributed by atoms with Crippen LogP contribution in [0.4, 0.5) is 0 Å². The molecule has 0 unspecified atom stereocenters. The molecule has 108 valence electrons. The number of halogens is 2. The number of hydrogen-bond acceptors (Lipinski definition) is 3. The van der Waals surface area contributed by atoms with Gasteiger partial charge in [0.25, 0.3) is 0 Å². The van der Waals surface area contributed by atoms with Gasteiger partial charge in [0.1, 0.15) is 12.4 Å². The fourth-order valence-corrected chi connectivity index (χ4v) is 4.98. The zero-order valence-corrected chi connectivity index (χ0v) is 16.3. The van der Waals surface area contributed by atoms with E-state index in [-0.39, 0.29) is 0 Å². The van der Waals surface area contributed by atoms with Crippen molar-refractivity contribution in [2.75, 3.05) is 12.3 Å². The first kappa shape index (κ1) is 15.6. The molecule has 5 heteroatoms. The van der Waals surface area contributed by atoms with Gasteiger partial charge in [-0.1, -0.05) is 30.3 Å². The highest BCUT2D eigenvalue weighted by Gasteiger charge is 2.15. The van der Waals surface area contributed by atoms with Gasteiger partial charge in [-0.3, -0.25) is 4.99 Å². The summed E-state index contributed by atoms with van der Waals surface area (Å²) in [6.07, 6.45) is 0. The Kier molecular flexibility index (Phi) is 5.44. The number of benzene rings is 2. The van der Waals surface area contributed by atoms with Crippen molar-refractivity contribution >= 4 is 62.0 Å². The van der Waals surface area contributed by atoms with Gasteiger partial charge in [-0.15, -0.1) is 11.8 Å². The van der Waals surface area contributed by atoms with E-state index in [0.29, 0.717) is 6.61 Å². The molecule has 2 aromatic carbocycles. The van der Waals surface area contributed by atoms with Crippen molar-refractivity contribution in [3.63, 3.8) is 0 Å². The molecule has 0 radical (unpaired) electrons. The first-order chi connectivity index (χ1) is 10.2. The second-order valence-corrected chi connectivity index (χ2v) is 7.99. The minimum atomic E-state index is 0.599. The van der Waals surface area contributed by atoms with Crippen LogP contribution in [0.3, 0.4) is 0 Å². The molecule has 2 aromatic rings. The van der Waals surface area contributed by atoms with E-state index in [4.69, 9.17) is 4.74 Å². The smallest absolute Gasteiger partial charge is 0.146 e. The summed E-state index contributed by atoms with van der Waals surface area (Å²) < 4.78 is 8.29. The van der Waals surface area contributed by atoms with Crippen molar-refractivity contribution in [1.29, 1.82) is 0 Å². The third-order valence-corrected chi connectivity index (χ3v) is 5.68. The number of nitrogens with zero attached hydrogens (tertiary/aromatic N) is 1. The van der Waals surface area contributed by atoms with E-state index in [1.54, 1.807) is 0 Å². The predicted octanol–water partition coefficient (Wildman–Crippen LogP) is 4.97. The molecule has 0 saturated carbocycles. The van der Waals surface area contributed by atoms with Gasteiger partial charge < -0.3 is 4.74 Å². The summed E-state index contributed by atoms with van der Waals surface area (Å²) in [4.78, 5) is 4.54. The van der Waals surface area contributed by atoms with Crippen LogP contribution in [0.2, 0.25) is 0 Å². The highest BCUT2D eigenvalue weighted by atomic mass is 127. The maximum absolute atomic E-state index is 6.01. The van der Waals surface area contributed by atoms with E-state index in [1.165, 1.54) is 11.1 Å². The summed E-state index contributed by atoms with van der Waals surface area (Å²) in [6, 6.07) is 14.6. The molecule has 0 N–H and O–H groups in total. The molecular weight excluding hydrogens is 508 g/mol. The molecule has 2 nitrogen and oxygen atoms in total. The molecule has 1 aliphatic rings. The Hall–Kier alpha value is -0.280. The summed E-state index contributed by atoms with van der Waals surface area (Å²) in [7, 11) is 0. The second-order valence-electron chi connectivity index (χ2n) is 4.58. The lowest BCUT2D eigenvalue weighted by atomic mass is 10.2. The van der Waals surface area contributed by atoms with Gasteiger partial charge in [0.05, 0.1) is 12.2 Å². The molecule has 0 saturated heterocycles. The van der Waals surface area contributed by atoms with Gasteiger partial charge in [0.2, 0.25) is 0 Å². The van der Waals surface area contributed by atoms with Crippen LogP contribution in [0.15, 0.2) is 47.5 Å². The molecule has 0 aromatic heterocycles. The van der Waals surface area contributed by atoms with E-state index >= 15 is 0 Å². The van der Waals surface area contributed by atoms with Crippen LogP contribution >= 0.6 is 56.9 Å². The Morgan fingerprint density at radius 1 is 1.10 bits per heavy atom. The second kappa shape index (κ2) is 7.32. The van der Waals surface area contributed by atoms with Crippen LogP contribution in [0.25, 0.3) is 0 Å². The SMILES string of the molecule is Ic1cc(C2=NCCS2)cc(I)c1OCc1ccccc1. The van der Waals surface area contributed by atoms with Crippen LogP contribution in [0, 0.1) is 7.14 Å². The molecule has 0 spiro atoms. The summed E-state index contributed by atoms with van der Waals surface area (Å²) >= 11 is 6.52. The van der Waals surface area contributed by atoms with Gasteiger partial charge in [-0.05, 0) is 62.9 Å². The average Bonchev–Trinajstić information content (AvgIpc) is 3.01. The molecule has 1 heterocycles. The zero-order valence-electron chi connectivity index (χ0n) is 11.2. The molecule has 0 bridgehead atoms. The molecule has 21 heavy (non-hydrogen) atoms. The standard InChI is InChI=1S/C16H13I2NOS/c17-13-8-12(16-19-6-7-21-16)9-14(18)15(13)20-10-11-4-2-1-3-5-11/h1-5,8-9H,6-7,10H2. The molecule has 0 amide bonds. The average molecular weight is 521 g/mol. The van der Waals surface area contributed by atoms with Gasteiger partial charge in [0.15, 0.2) is 0 Å². The van der Waals surface area contributed by atoms with Gasteiger partial charge in [-0.2, -0.15) is 0 Å². The van der Waals surface area contributed by atoms with Crippen molar-refractivity contribution in [3.8, 4) is 5.75 Å². The minimum Gasteiger partial charge on any atom is -0.487 e. The summed E-state index contributed by atoms with van der Waals surface area (Å²) in [5.41, 5.74) is 2.39. The molecule has 3 rings (SSSR count). The van der Waals surface area contributed by atoms with E-state index in [9.17, 15) is 0 Å². The minimum absolute atomic E-state index is 0.599. The summed E-state index contributed by atoms with van der Waals surface area (Å²) in [6.45, 7) is 1.53. The summed E-state index contributed by atoms with van der Waals surface area (Å²) in [5.74, 6) is 2.06. The number of ether oxygens (including phenoxy) is 1. The monoisotopic (exact) mass is 521 g/mol. The van der Waals surface area contributed by atoms with Crippen LogP contribution in [-0.2, 0) is 6.61 Å². The van der Waals surface area contributed by atoms with Gasteiger partial charge in [0, 0.05) is 17.9 Å². The Balaban J connectivity index is 1.79. The number of rotatable bonds is 4. The fraction of sp³-hybridized carbons (Fsp3) is 0.188. The molecule has 0 aliphatic carbocycles. The van der Waals surface area contributed by atoms with Crippen LogP contribution < -0.4 is 4.74 Å². The number of thioether (sulfide) groups is 1. The Morgan fingerprint density at radius 3 is 2.43 bits per heavy atom. The first-order valence-electron chi connectivity index (χ1n) is 6.57. The lowest BCUT2D eigenvalue weighted by Crippen LogP contribution is -2.01. The third-order valence-electron chi connectivity index (χ3n) is 3.06. The van der Waals surface area contributed by atoms with Crippen molar-refractivity contribution in [1.82, 2.24) is 0 Å². The molecule has 1 aliphatic heterocycles. The van der Waals surface area contributed by atoms with Crippen molar-refractivity contribution in [3.05, 3.63) is 60.7 Å². The van der Waals surface area contributed by atoms with E-state index in [0.717, 1.165) is 30.2 Å². The molecule has 0 atom stereocenters. The normalized spacial score (nSPS) is 14.1. The highest BCUT2D eigenvalue weighted by Crippen LogP contribution is 2.32. The first-order valence-corrected chi connectivity index (χ1v) is 9.72. The lowest BCUT2D eigenvalue weighted by Gasteiger charge is -2.12. The largest absolute Gasteiger partial charge is 0.487 e. The molecular formula is C16H13I2NOS. The maximum Gasteiger partial charge on any atom is 0.146 e. The van der Waals surface area contributed by atoms with E-state index in [1.807, 2.05) is 30.0 Å². The fourth-order valence-electron chi connectivity index (χ4n) is 2.06. The number of aliphatic imine (C=N–C) groups is 1. The molecule has 0 fully saturated rings. The third kappa shape index (κ3) is 3.92.